The number of nitrogens with two attached hydrogens (primary N) is 1. The van der Waals surface area contributed by atoms with Gasteiger partial charge >= 0.3 is 37.0 Å². The Hall–Kier alpha value is -2.57. The van der Waals surface area contributed by atoms with E-state index in [0.717, 1.165) is 17.1 Å². The number of hydrogen-bond acceptors (Lipinski definition) is 19. The highest BCUT2D eigenvalue weighted by molar-refractivity contribution is 7.69. The van der Waals surface area contributed by atoms with Crippen LogP contribution in [-0.2, 0) is 49.7 Å². The van der Waals surface area contributed by atoms with Crippen molar-refractivity contribution in [3.05, 3.63) is 45.3 Å². The number of aliphatic hydroxyl groups is 2. The van der Waals surface area contributed by atoms with Crippen LogP contribution < -0.4 is 17.0 Å². The molecule has 0 saturated carbocycles. The van der Waals surface area contributed by atoms with Gasteiger partial charge in [0.1, 0.15) is 36.5 Å². The van der Waals surface area contributed by atoms with Crippen molar-refractivity contribution in [1.82, 2.24) is 29.1 Å². The fourth-order valence-corrected chi connectivity index (χ4v) is 9.71. The van der Waals surface area contributed by atoms with Crippen molar-refractivity contribution in [2.45, 2.75) is 56.6 Å². The third-order valence-electron chi connectivity index (χ3n) is 6.98. The van der Waals surface area contributed by atoms with Gasteiger partial charge in [-0.15, -0.1) is 0 Å². The number of H-pyrrole nitrogens is 1. The van der Waals surface area contributed by atoms with E-state index < -0.39 is 92.6 Å². The number of nitrogens with zero attached hydrogens (tertiary/aromatic N) is 5. The van der Waals surface area contributed by atoms with Gasteiger partial charge in [0.15, 0.2) is 11.5 Å². The maximum Gasteiger partial charge on any atom is 0.490 e. The minimum atomic E-state index is -6.12. The molecule has 50 heavy (non-hydrogen) atoms. The fourth-order valence-electron chi connectivity index (χ4n) is 4.76. The molecule has 0 aliphatic carbocycles. The number of nitrogens with one attached hydrogen (secondary N) is 1. The predicted octanol–water partition coefficient (Wildman–Crippen LogP) is -0.951. The number of phosphoric acid groups is 4. The summed E-state index contributed by atoms with van der Waals surface area (Å²) in [5.74, 6) is 0.0696. The number of ether oxygens (including phenoxy) is 2. The average Bonchev–Trinajstić information content (AvgIpc) is 3.67. The SMILES string of the molecule is Cc1cn([C@H]2C[C@H](O)[C@@H](COP(=O)(O)OP(=O)(O)OP(=O)(O)OP(=O)(O)OC[C@H]3O[C@@H](n4cnc5c(N)ncnc54)C[C@@H]3O)O2)c(=O)[nH]c1=O. The van der Waals surface area contributed by atoms with E-state index in [1.54, 1.807) is 0 Å². The second-order valence-corrected chi connectivity index (χ2v) is 16.9. The third-order valence-corrected chi connectivity index (χ3v) is 12.9. The Morgan fingerprint density at radius 2 is 1.34 bits per heavy atom. The first-order valence-electron chi connectivity index (χ1n) is 13.8. The van der Waals surface area contributed by atoms with Gasteiger partial charge in [0, 0.05) is 24.6 Å². The van der Waals surface area contributed by atoms with E-state index in [1.807, 2.05) is 4.98 Å². The molecule has 2 aliphatic heterocycles. The summed E-state index contributed by atoms with van der Waals surface area (Å²) in [6, 6.07) is 0. The first kappa shape index (κ1) is 38.7. The van der Waals surface area contributed by atoms with E-state index in [2.05, 4.69) is 36.9 Å². The Labute approximate surface area is 277 Å². The molecule has 30 heteroatoms. The Morgan fingerprint density at radius 1 is 0.840 bits per heavy atom. The van der Waals surface area contributed by atoms with E-state index in [0.29, 0.717) is 0 Å². The van der Waals surface area contributed by atoms with Crippen molar-refractivity contribution < 1.29 is 79.5 Å². The van der Waals surface area contributed by atoms with Crippen molar-refractivity contribution in [3.8, 4) is 0 Å². The number of aromatic amines is 1. The molecule has 26 nitrogen and oxygen atoms in total. The van der Waals surface area contributed by atoms with Crippen molar-refractivity contribution in [2.24, 2.45) is 0 Å². The van der Waals surface area contributed by atoms with Crippen molar-refractivity contribution in [3.63, 3.8) is 0 Å². The van der Waals surface area contributed by atoms with Crippen LogP contribution in [0, 0.1) is 6.92 Å². The van der Waals surface area contributed by atoms with Crippen LogP contribution in [-0.4, -0.2) is 96.5 Å². The zero-order chi connectivity index (χ0) is 36.8. The summed E-state index contributed by atoms with van der Waals surface area (Å²) in [6.45, 7) is -0.554. The maximum absolute atomic E-state index is 12.4. The summed E-state index contributed by atoms with van der Waals surface area (Å²) in [5.41, 5.74) is 4.80. The Kier molecular flexibility index (Phi) is 11.2. The van der Waals surface area contributed by atoms with Gasteiger partial charge in [-0.2, -0.15) is 12.9 Å². The molecule has 0 aromatic carbocycles. The van der Waals surface area contributed by atoms with Gasteiger partial charge in [0.2, 0.25) is 0 Å². The van der Waals surface area contributed by atoms with E-state index in [4.69, 9.17) is 15.2 Å². The molecule has 0 bridgehead atoms. The zero-order valence-electron chi connectivity index (χ0n) is 25.1. The number of hydrogen-bond donors (Lipinski definition) is 8. The monoisotopic (exact) mass is 795 g/mol. The lowest BCUT2D eigenvalue weighted by Gasteiger charge is -2.21. The molecule has 10 atom stereocenters. The molecule has 3 aromatic heterocycles. The summed E-state index contributed by atoms with van der Waals surface area (Å²) in [5, 5.41) is 20.6. The number of aliphatic hydroxyl groups excluding tert-OH is 2. The quantitative estimate of drug-likeness (QED) is 0.0911. The molecule has 2 aliphatic rings. The highest BCUT2D eigenvalue weighted by Crippen LogP contribution is 2.71. The number of aryl methyl sites for hydroxylation is 1. The van der Waals surface area contributed by atoms with E-state index in [1.165, 1.54) is 17.8 Å². The van der Waals surface area contributed by atoms with Crippen LogP contribution in [0.15, 0.2) is 28.4 Å². The standard InChI is InChI=1S/C20H29N7O19P4/c1-9-4-26(20(31)25-19(9)30)14-2-10(28)12(42-14)5-40-47(32,33)44-49(36,37)46-50(38,39)45-48(34,35)41-6-13-11(29)3-15(43-13)27-8-24-16-17(21)22-7-23-18(16)27/h4,7-8,10-15,28-29H,2-3,5-6H2,1H3,(H,32,33)(H,34,35)(H,36,37)(H,38,39)(H2,21,22,23)(H,25,30,31)/t10-,11-,12+,13+,14+,15+/m0/s1. The number of anilines is 1. The van der Waals surface area contributed by atoms with E-state index in [9.17, 15) is 57.6 Å². The number of aromatic nitrogens is 6. The molecule has 5 heterocycles. The number of fused-ring (bicyclic) bond motifs is 1. The van der Waals surface area contributed by atoms with Crippen LogP contribution >= 0.6 is 31.3 Å². The zero-order valence-corrected chi connectivity index (χ0v) is 28.7. The third kappa shape index (κ3) is 9.26. The second kappa shape index (κ2) is 14.5. The molecule has 9 N–H and O–H groups in total. The lowest BCUT2D eigenvalue weighted by molar-refractivity contribution is -0.0450. The van der Waals surface area contributed by atoms with Gasteiger partial charge in [-0.25, -0.2) is 38.0 Å². The van der Waals surface area contributed by atoms with E-state index in [-0.39, 0.29) is 35.4 Å². The molecule has 0 radical (unpaired) electrons. The summed E-state index contributed by atoms with van der Waals surface area (Å²) >= 11 is 0. The van der Waals surface area contributed by atoms with Crippen LogP contribution in [0.2, 0.25) is 0 Å². The smallest absolute Gasteiger partial charge is 0.390 e. The summed E-state index contributed by atoms with van der Waals surface area (Å²) in [4.78, 5) is 77.0. The highest BCUT2D eigenvalue weighted by Gasteiger charge is 2.47. The average molecular weight is 795 g/mol. The lowest BCUT2D eigenvalue weighted by Crippen LogP contribution is -2.33. The Bertz CT molecular complexity index is 2060. The maximum atomic E-state index is 12.4. The molecule has 0 amide bonds. The lowest BCUT2D eigenvalue weighted by atomic mass is 10.2. The summed E-state index contributed by atoms with van der Waals surface area (Å²) < 4.78 is 83.2. The number of nitrogen functional groups attached to an aromatic ring is 1. The van der Waals surface area contributed by atoms with Crippen molar-refractivity contribution in [2.75, 3.05) is 18.9 Å². The molecule has 0 spiro atoms. The van der Waals surface area contributed by atoms with Gasteiger partial charge < -0.3 is 45.0 Å². The molecule has 2 fully saturated rings. The van der Waals surface area contributed by atoms with Crippen molar-refractivity contribution in [1.29, 1.82) is 0 Å². The van der Waals surface area contributed by atoms with Crippen LogP contribution in [0.3, 0.4) is 0 Å². The Balaban J connectivity index is 1.11. The van der Waals surface area contributed by atoms with Gasteiger partial charge in [-0.3, -0.25) is 28.0 Å². The van der Waals surface area contributed by atoms with Crippen LogP contribution in [0.25, 0.3) is 11.2 Å². The topological polar surface area (TPSA) is 379 Å². The summed E-state index contributed by atoms with van der Waals surface area (Å²) in [6.07, 6.45) is -4.36. The Morgan fingerprint density at radius 3 is 1.88 bits per heavy atom. The minimum Gasteiger partial charge on any atom is -0.390 e. The van der Waals surface area contributed by atoms with Gasteiger partial charge in [0.05, 0.1) is 31.7 Å². The predicted molar refractivity (Wildman–Crippen MR) is 159 cm³/mol. The summed E-state index contributed by atoms with van der Waals surface area (Å²) in [7, 11) is -23.6. The molecular weight excluding hydrogens is 766 g/mol. The number of imidazole rings is 1. The minimum absolute atomic E-state index is 0.0696. The van der Waals surface area contributed by atoms with Crippen LogP contribution in [0.4, 0.5) is 5.82 Å². The number of phosphoric ester groups is 2. The first-order chi connectivity index (χ1) is 23.1. The second-order valence-electron chi connectivity index (χ2n) is 10.6. The van der Waals surface area contributed by atoms with Gasteiger partial charge in [0.25, 0.3) is 5.56 Å². The molecule has 278 valence electrons. The molecule has 2 saturated heterocycles. The largest absolute Gasteiger partial charge is 0.490 e. The van der Waals surface area contributed by atoms with Crippen molar-refractivity contribution >= 4 is 48.3 Å². The normalized spacial score (nSPS) is 28.9. The molecular formula is C20H29N7O19P4. The molecule has 3 aromatic rings. The van der Waals surface area contributed by atoms with Gasteiger partial charge in [-0.05, 0) is 6.92 Å². The molecule has 5 rings (SSSR count). The van der Waals surface area contributed by atoms with Crippen LogP contribution in [0.5, 0.6) is 0 Å². The highest BCUT2D eigenvalue weighted by atomic mass is 31.3. The van der Waals surface area contributed by atoms with E-state index >= 15 is 0 Å². The van der Waals surface area contributed by atoms with Crippen LogP contribution in [0.1, 0.15) is 30.9 Å². The van der Waals surface area contributed by atoms with Gasteiger partial charge in [-0.1, -0.05) is 0 Å². The number of rotatable bonds is 14. The first-order valence-corrected chi connectivity index (χ1v) is 19.8. The fraction of sp³-hybridized carbons (Fsp3) is 0.550. The molecule has 4 unspecified atom stereocenters.